The van der Waals surface area contributed by atoms with Gasteiger partial charge in [0.2, 0.25) is 11.1 Å². The molecule has 9 nitrogen and oxygen atoms in total. The van der Waals surface area contributed by atoms with E-state index < -0.39 is 5.56 Å². The van der Waals surface area contributed by atoms with Crippen LogP contribution in [0.2, 0.25) is 0 Å². The van der Waals surface area contributed by atoms with Gasteiger partial charge in [0.25, 0.3) is 5.56 Å². The lowest BCUT2D eigenvalue weighted by molar-refractivity contribution is -0.113. The molecular formula is C11H12N6O3S2. The molecule has 0 aliphatic heterocycles. The topological polar surface area (TPSA) is 133 Å². The van der Waals surface area contributed by atoms with Crippen molar-refractivity contribution in [3.8, 4) is 0 Å². The minimum Gasteiger partial charge on any atom is -0.334 e. The van der Waals surface area contributed by atoms with Gasteiger partial charge in [-0.25, -0.2) is 4.98 Å². The van der Waals surface area contributed by atoms with E-state index in [0.717, 1.165) is 34.0 Å². The van der Waals surface area contributed by atoms with Gasteiger partial charge in [0, 0.05) is 6.92 Å². The minimum absolute atomic E-state index is 0.0244. The van der Waals surface area contributed by atoms with Gasteiger partial charge in [-0.1, -0.05) is 23.1 Å². The number of Topliss-reactive ketones (excluding diaryl/α,β-unsaturated/α-hetero) is 1. The second-order valence-corrected chi connectivity index (χ2v) is 6.10. The fourth-order valence-corrected chi connectivity index (χ4v) is 3.04. The predicted octanol–water partition coefficient (Wildman–Crippen LogP) is 0.0504. The van der Waals surface area contributed by atoms with Crippen LogP contribution in [0.3, 0.4) is 0 Å². The highest BCUT2D eigenvalue weighted by Crippen LogP contribution is 2.23. The Hall–Kier alpha value is -2.27. The summed E-state index contributed by atoms with van der Waals surface area (Å²) >= 11 is 2.08. The van der Waals surface area contributed by atoms with Gasteiger partial charge in [-0.05, 0) is 6.92 Å². The molecule has 0 radical (unpaired) electrons. The lowest BCUT2D eigenvalue weighted by atomic mass is 10.3. The Morgan fingerprint density at radius 3 is 2.86 bits per heavy atom. The number of nitrogens with zero attached hydrogens (tertiary/aromatic N) is 4. The third-order valence-corrected chi connectivity index (χ3v) is 4.57. The number of hydrogen-bond donors (Lipinski definition) is 2. The average molecular weight is 340 g/mol. The maximum atomic E-state index is 11.8. The summed E-state index contributed by atoms with van der Waals surface area (Å²) in [5, 5.41) is 10.2. The molecule has 0 atom stereocenters. The molecule has 0 saturated heterocycles. The zero-order valence-corrected chi connectivity index (χ0v) is 13.3. The molecule has 0 aliphatic carbocycles. The van der Waals surface area contributed by atoms with Gasteiger partial charge in [0.15, 0.2) is 10.9 Å². The largest absolute Gasteiger partial charge is 0.334 e. The number of nitrogen functional groups attached to an aromatic ring is 1. The van der Waals surface area contributed by atoms with Gasteiger partial charge < -0.3 is 11.2 Å². The van der Waals surface area contributed by atoms with E-state index in [1.807, 2.05) is 0 Å². The number of rotatable bonds is 5. The van der Waals surface area contributed by atoms with E-state index in [1.54, 1.807) is 6.92 Å². The van der Waals surface area contributed by atoms with Crippen LogP contribution in [0.25, 0.3) is 0 Å². The molecule has 0 unspecified atom stereocenters. The predicted molar refractivity (Wildman–Crippen MR) is 82.7 cm³/mol. The molecule has 22 heavy (non-hydrogen) atoms. The van der Waals surface area contributed by atoms with Crippen molar-refractivity contribution in [2.75, 3.05) is 16.9 Å². The fraction of sp³-hybridized carbons (Fsp3) is 0.273. The van der Waals surface area contributed by atoms with Crippen molar-refractivity contribution < 1.29 is 9.59 Å². The number of amides is 1. The number of thiazole rings is 1. The van der Waals surface area contributed by atoms with Gasteiger partial charge in [-0.3, -0.25) is 14.4 Å². The van der Waals surface area contributed by atoms with Crippen LogP contribution in [0, 0.1) is 6.92 Å². The van der Waals surface area contributed by atoms with E-state index in [4.69, 9.17) is 5.84 Å². The zero-order chi connectivity index (χ0) is 16.3. The molecule has 0 aliphatic rings. The Kier molecular flexibility index (Phi) is 4.88. The van der Waals surface area contributed by atoms with E-state index in [1.165, 1.54) is 6.92 Å². The van der Waals surface area contributed by atoms with Crippen molar-refractivity contribution >= 4 is 39.9 Å². The molecule has 116 valence electrons. The van der Waals surface area contributed by atoms with Crippen LogP contribution in [0.5, 0.6) is 0 Å². The Bertz CT molecular complexity index is 784. The molecular weight excluding hydrogens is 328 g/mol. The van der Waals surface area contributed by atoms with E-state index in [9.17, 15) is 14.4 Å². The number of carbonyl (C=O) groups excluding carboxylic acids is 2. The fourth-order valence-electron chi connectivity index (χ4n) is 1.49. The van der Waals surface area contributed by atoms with Crippen LogP contribution in [0.1, 0.15) is 22.3 Å². The van der Waals surface area contributed by atoms with Crippen LogP contribution in [0.4, 0.5) is 5.13 Å². The first-order chi connectivity index (χ1) is 10.4. The molecule has 2 aromatic rings. The number of nitrogens with two attached hydrogens (primary N) is 1. The molecule has 1 amide bonds. The highest BCUT2D eigenvalue weighted by Gasteiger charge is 2.14. The molecule has 3 N–H and O–H groups in total. The Morgan fingerprint density at radius 1 is 1.50 bits per heavy atom. The number of hydrogen-bond acceptors (Lipinski definition) is 9. The SMILES string of the molecule is CC(=O)c1sc(NC(=O)CSc2nncc(=O)n2N)nc1C. The van der Waals surface area contributed by atoms with Gasteiger partial charge in [-0.15, -0.1) is 5.10 Å². The first-order valence-electron chi connectivity index (χ1n) is 5.99. The number of carbonyl (C=O) groups is 2. The average Bonchev–Trinajstić information content (AvgIpc) is 2.81. The molecule has 0 aromatic carbocycles. The maximum absolute atomic E-state index is 11.8. The minimum atomic E-state index is -0.514. The van der Waals surface area contributed by atoms with E-state index >= 15 is 0 Å². The molecule has 2 rings (SSSR count). The van der Waals surface area contributed by atoms with Crippen molar-refractivity contribution in [1.82, 2.24) is 19.9 Å². The van der Waals surface area contributed by atoms with Crippen molar-refractivity contribution in [1.29, 1.82) is 0 Å². The molecule has 2 heterocycles. The Balaban J connectivity index is 1.99. The third kappa shape index (κ3) is 3.68. The van der Waals surface area contributed by atoms with E-state index in [0.29, 0.717) is 15.7 Å². The van der Waals surface area contributed by atoms with Gasteiger partial charge in [0.1, 0.15) is 6.20 Å². The van der Waals surface area contributed by atoms with Crippen molar-refractivity contribution in [2.24, 2.45) is 0 Å². The van der Waals surface area contributed by atoms with Crippen LogP contribution in [0.15, 0.2) is 16.1 Å². The monoisotopic (exact) mass is 340 g/mol. The quantitative estimate of drug-likeness (QED) is 0.443. The summed E-state index contributed by atoms with van der Waals surface area (Å²) < 4.78 is 0.812. The summed E-state index contributed by atoms with van der Waals surface area (Å²) in [7, 11) is 0. The van der Waals surface area contributed by atoms with Crippen molar-refractivity contribution in [2.45, 2.75) is 19.0 Å². The number of aromatic nitrogens is 4. The van der Waals surface area contributed by atoms with Crippen LogP contribution >= 0.6 is 23.1 Å². The smallest absolute Gasteiger partial charge is 0.291 e. The molecule has 0 spiro atoms. The van der Waals surface area contributed by atoms with Crippen LogP contribution < -0.4 is 16.7 Å². The maximum Gasteiger partial charge on any atom is 0.291 e. The first-order valence-corrected chi connectivity index (χ1v) is 7.79. The highest BCUT2D eigenvalue weighted by atomic mass is 32.2. The van der Waals surface area contributed by atoms with Gasteiger partial charge in [0.05, 0.1) is 16.3 Å². The van der Waals surface area contributed by atoms with E-state index in [2.05, 4.69) is 20.5 Å². The molecule has 11 heteroatoms. The zero-order valence-electron chi connectivity index (χ0n) is 11.7. The standard InChI is InChI=1S/C11H12N6O3S2/c1-5-9(6(2)18)22-10(14-5)15-7(19)4-21-11-16-13-3-8(20)17(11)12/h3H,4,12H2,1-2H3,(H,14,15,19). The lowest BCUT2D eigenvalue weighted by Gasteiger charge is -2.04. The number of ketones is 1. The number of anilines is 1. The normalized spacial score (nSPS) is 10.5. The number of nitrogens with one attached hydrogen (secondary N) is 1. The third-order valence-electron chi connectivity index (χ3n) is 2.45. The summed E-state index contributed by atoms with van der Waals surface area (Å²) in [6, 6.07) is 0. The Labute approximate surface area is 132 Å². The molecule has 0 saturated carbocycles. The molecule has 2 aromatic heterocycles. The number of thioether (sulfide) groups is 1. The summed E-state index contributed by atoms with van der Waals surface area (Å²) in [6.45, 7) is 3.14. The van der Waals surface area contributed by atoms with Crippen molar-refractivity contribution in [3.63, 3.8) is 0 Å². The molecule has 0 fully saturated rings. The summed E-state index contributed by atoms with van der Waals surface area (Å²) in [5.41, 5.74) is 0.0599. The van der Waals surface area contributed by atoms with Gasteiger partial charge >= 0.3 is 0 Å². The number of aryl methyl sites for hydroxylation is 1. The van der Waals surface area contributed by atoms with Gasteiger partial charge in [-0.2, -0.15) is 9.77 Å². The van der Waals surface area contributed by atoms with E-state index in [-0.39, 0.29) is 22.6 Å². The molecule has 0 bridgehead atoms. The summed E-state index contributed by atoms with van der Waals surface area (Å²) in [4.78, 5) is 39.1. The lowest BCUT2D eigenvalue weighted by Crippen LogP contribution is -2.30. The first kappa shape index (κ1) is 16.1. The Morgan fingerprint density at radius 2 is 2.23 bits per heavy atom. The van der Waals surface area contributed by atoms with Crippen molar-refractivity contribution in [3.05, 3.63) is 27.1 Å². The van der Waals surface area contributed by atoms with Crippen LogP contribution in [-0.4, -0.2) is 37.3 Å². The second kappa shape index (κ2) is 6.66. The summed E-state index contributed by atoms with van der Waals surface area (Å²) in [5.74, 6) is 5.00. The summed E-state index contributed by atoms with van der Waals surface area (Å²) in [6.07, 6.45) is 0.978. The highest BCUT2D eigenvalue weighted by molar-refractivity contribution is 7.99. The van der Waals surface area contributed by atoms with Crippen LogP contribution in [-0.2, 0) is 4.79 Å². The second-order valence-electron chi connectivity index (χ2n) is 4.16.